The van der Waals surface area contributed by atoms with E-state index in [0.29, 0.717) is 0 Å². The van der Waals surface area contributed by atoms with Gasteiger partial charge in [-0.15, -0.1) is 0 Å². The Morgan fingerprint density at radius 1 is 0.543 bits per heavy atom. The van der Waals surface area contributed by atoms with E-state index in [9.17, 15) is 0 Å². The van der Waals surface area contributed by atoms with Gasteiger partial charge >= 0.3 is 54.1 Å². The van der Waals surface area contributed by atoms with Crippen molar-refractivity contribution in [2.45, 2.75) is 6.42 Å². The van der Waals surface area contributed by atoms with Crippen molar-refractivity contribution in [2.24, 2.45) is 0 Å². The van der Waals surface area contributed by atoms with Gasteiger partial charge < -0.3 is 0 Å². The molecule has 0 radical (unpaired) electrons. The molecule has 0 bridgehead atoms. The van der Waals surface area contributed by atoms with Crippen molar-refractivity contribution in [3.63, 3.8) is 0 Å². The van der Waals surface area contributed by atoms with E-state index in [2.05, 4.69) is 140 Å². The molecule has 0 atom stereocenters. The maximum Gasteiger partial charge on any atom is -0.0195 e. The van der Waals surface area contributed by atoms with Gasteiger partial charge in [-0.3, -0.25) is 0 Å². The maximum absolute atomic E-state index is 5.59. The average Bonchev–Trinajstić information content (AvgIpc) is 3.48. The second-order valence-electron chi connectivity index (χ2n) is 8.02. The molecule has 0 saturated carbocycles. The standard InChI is InChI=1S/C26H24P2.C5H5.ClH.V/c1-5-13-23(14-6-1)27(24-15-7-2-8-16-24)21-22-28(25-17-9-3-10-18-25)26-19-11-4-12-20-26;1-2-4-5-3-1;;/h1-20H,21-22H2;1-3H,4H2;1H;/q;;;+1/p-1. The van der Waals surface area contributed by atoms with Crippen molar-refractivity contribution in [1.29, 1.82) is 0 Å². The van der Waals surface area contributed by atoms with Crippen molar-refractivity contribution >= 4 is 46.9 Å². The van der Waals surface area contributed by atoms with Crippen molar-refractivity contribution < 1.29 is 15.3 Å². The van der Waals surface area contributed by atoms with Gasteiger partial charge in [0.1, 0.15) is 0 Å². The van der Waals surface area contributed by atoms with Gasteiger partial charge in [-0.05, 0) is 49.4 Å². The Balaban J connectivity index is 0.000000356. The van der Waals surface area contributed by atoms with E-state index in [1.54, 1.807) is 0 Å². The van der Waals surface area contributed by atoms with Crippen LogP contribution in [0.2, 0.25) is 0 Å². The smallest absolute Gasteiger partial charge is 0.0195 e. The molecule has 35 heavy (non-hydrogen) atoms. The minimum atomic E-state index is -0.348. The SMILES string of the molecule is [Cl][V][C]1=CC=CC1.c1ccc(P(CCP(c2ccccc2)c2ccccc2)c2ccccc2)cc1. The third-order valence-electron chi connectivity index (χ3n) is 5.68. The van der Waals surface area contributed by atoms with Gasteiger partial charge in [0.15, 0.2) is 0 Å². The Labute approximate surface area is 223 Å². The molecule has 1 aliphatic carbocycles. The molecule has 0 unspecified atom stereocenters. The Morgan fingerprint density at radius 2 is 0.886 bits per heavy atom. The van der Waals surface area contributed by atoms with Crippen LogP contribution >= 0.6 is 25.7 Å². The maximum atomic E-state index is 5.59. The summed E-state index contributed by atoms with van der Waals surface area (Å²) in [7, 11) is 4.90. The Hall–Kier alpha value is -1.91. The molecule has 1 aliphatic rings. The van der Waals surface area contributed by atoms with Gasteiger partial charge in [0.05, 0.1) is 0 Å². The first-order chi connectivity index (χ1) is 17.3. The minimum absolute atomic E-state index is 0.00521. The number of rotatable bonds is 8. The largest absolute Gasteiger partial charge is 0.0622 e. The van der Waals surface area contributed by atoms with E-state index in [-0.39, 0.29) is 31.2 Å². The first-order valence-electron chi connectivity index (χ1n) is 11.8. The zero-order valence-electron chi connectivity index (χ0n) is 19.6. The summed E-state index contributed by atoms with van der Waals surface area (Å²) in [5, 5.41) is 5.89. The minimum Gasteiger partial charge on any atom is -0.0622 e. The summed E-state index contributed by atoms with van der Waals surface area (Å²) < 4.78 is 1.41. The van der Waals surface area contributed by atoms with E-state index < -0.39 is 0 Å². The quantitative estimate of drug-likeness (QED) is 0.202. The van der Waals surface area contributed by atoms with Crippen LogP contribution in [0.15, 0.2) is 144 Å². The summed E-state index contributed by atoms with van der Waals surface area (Å²) in [4.78, 5) is 0. The molecule has 0 N–H and O–H groups in total. The topological polar surface area (TPSA) is 0 Å². The average molecular weight is 550 g/mol. The molecule has 0 fully saturated rings. The fourth-order valence-corrected chi connectivity index (χ4v) is 10.3. The zero-order valence-corrected chi connectivity index (χ0v) is 23.6. The van der Waals surface area contributed by atoms with Crippen LogP contribution < -0.4 is 21.2 Å². The van der Waals surface area contributed by atoms with Crippen LogP contribution in [0.4, 0.5) is 0 Å². The summed E-state index contributed by atoms with van der Waals surface area (Å²) in [5.74, 6) is 0. The third-order valence-corrected chi connectivity index (χ3v) is 12.8. The molecule has 4 aromatic rings. The first kappa shape index (κ1) is 26.2. The zero-order chi connectivity index (χ0) is 24.1. The Bertz CT molecular complexity index is 1030. The van der Waals surface area contributed by atoms with Crippen molar-refractivity contribution in [3.8, 4) is 0 Å². The molecule has 4 heteroatoms. The number of allylic oxidation sites excluding steroid dienone is 4. The van der Waals surface area contributed by atoms with E-state index in [0.717, 1.165) is 6.42 Å². The molecule has 0 nitrogen and oxygen atoms in total. The van der Waals surface area contributed by atoms with Crippen molar-refractivity contribution in [2.75, 3.05) is 12.3 Å². The second-order valence-corrected chi connectivity index (χ2v) is 14.6. The summed E-state index contributed by atoms with van der Waals surface area (Å²) in [6.45, 7) is 0. The van der Waals surface area contributed by atoms with E-state index in [1.807, 2.05) is 0 Å². The number of hydrogen-bond donors (Lipinski definition) is 0. The van der Waals surface area contributed by atoms with Crippen LogP contribution in [0, 0.1) is 0 Å². The molecule has 0 aromatic heterocycles. The molecular formula is C31H29ClP2V. The summed E-state index contributed by atoms with van der Waals surface area (Å²) in [6, 6.07) is 44.2. The van der Waals surface area contributed by atoms with Crippen LogP contribution in [-0.2, 0) is 15.3 Å². The van der Waals surface area contributed by atoms with Gasteiger partial charge in [-0.25, -0.2) is 0 Å². The molecule has 0 amide bonds. The fourth-order valence-electron chi connectivity index (χ4n) is 3.94. The Kier molecular flexibility index (Phi) is 10.9. The predicted molar refractivity (Wildman–Crippen MR) is 156 cm³/mol. The molecule has 175 valence electrons. The number of hydrogen-bond acceptors (Lipinski definition) is 0. The molecular weight excluding hydrogens is 521 g/mol. The summed E-state index contributed by atoms with van der Waals surface area (Å²) in [6.07, 6.45) is 9.81. The van der Waals surface area contributed by atoms with Gasteiger partial charge in [-0.1, -0.05) is 121 Å². The van der Waals surface area contributed by atoms with Crippen molar-refractivity contribution in [1.82, 2.24) is 0 Å². The van der Waals surface area contributed by atoms with E-state index in [1.165, 1.54) is 37.8 Å². The summed E-state index contributed by atoms with van der Waals surface area (Å²) >= 11 is -0.00521. The van der Waals surface area contributed by atoms with Crippen molar-refractivity contribution in [3.05, 3.63) is 144 Å². The second kappa shape index (κ2) is 14.6. The van der Waals surface area contributed by atoms with E-state index in [4.69, 9.17) is 9.85 Å². The number of benzene rings is 4. The molecule has 0 saturated heterocycles. The molecule has 5 rings (SSSR count). The molecule has 0 spiro atoms. The number of halogens is 1. The van der Waals surface area contributed by atoms with Gasteiger partial charge in [-0.2, -0.15) is 0 Å². The van der Waals surface area contributed by atoms with Crippen LogP contribution in [0.5, 0.6) is 0 Å². The van der Waals surface area contributed by atoms with Gasteiger partial charge in [0.2, 0.25) is 0 Å². The van der Waals surface area contributed by atoms with Crippen LogP contribution in [0.25, 0.3) is 0 Å². The van der Waals surface area contributed by atoms with Crippen LogP contribution in [-0.4, -0.2) is 12.3 Å². The predicted octanol–water partition coefficient (Wildman–Crippen LogP) is 7.32. The fraction of sp³-hybridized carbons (Fsp3) is 0.0968. The Morgan fingerprint density at radius 3 is 1.11 bits per heavy atom. The summed E-state index contributed by atoms with van der Waals surface area (Å²) in [5.41, 5.74) is 0. The first-order valence-corrected chi connectivity index (χ1v) is 17.5. The normalized spacial score (nSPS) is 12.3. The van der Waals surface area contributed by atoms with E-state index >= 15 is 0 Å². The van der Waals surface area contributed by atoms with Gasteiger partial charge in [0, 0.05) is 0 Å². The van der Waals surface area contributed by atoms with Crippen LogP contribution in [0.1, 0.15) is 6.42 Å². The monoisotopic (exact) mass is 549 g/mol. The van der Waals surface area contributed by atoms with Crippen LogP contribution in [0.3, 0.4) is 0 Å². The van der Waals surface area contributed by atoms with Gasteiger partial charge in [0.25, 0.3) is 0 Å². The third kappa shape index (κ3) is 8.05. The molecule has 0 aliphatic heterocycles. The molecule has 0 heterocycles. The molecule has 4 aromatic carbocycles.